The van der Waals surface area contributed by atoms with Crippen LogP contribution in [0.15, 0.2) is 35.4 Å². The molecule has 0 unspecified atom stereocenters. The van der Waals surface area contributed by atoms with E-state index in [2.05, 4.69) is 9.71 Å². The van der Waals surface area contributed by atoms with Gasteiger partial charge in [-0.3, -0.25) is 4.98 Å². The standard InChI is InChI=1S/C13H17N3O3S/c1-2-9(8-17)16-20(18,19)12-6-5-11(14)10-4-3-7-15-13(10)12/h3-7,9,16-17H,2,8,14H2,1H3/t9-/m1/s1. The zero-order valence-corrected chi connectivity index (χ0v) is 11.9. The molecule has 0 amide bonds. The van der Waals surface area contributed by atoms with Crippen LogP contribution in [-0.2, 0) is 10.0 Å². The topological polar surface area (TPSA) is 105 Å². The summed E-state index contributed by atoms with van der Waals surface area (Å²) in [7, 11) is -3.76. The van der Waals surface area contributed by atoms with Crippen LogP contribution in [0.1, 0.15) is 13.3 Å². The van der Waals surface area contributed by atoms with E-state index >= 15 is 0 Å². The van der Waals surface area contributed by atoms with Crippen LogP contribution in [-0.4, -0.2) is 31.2 Å². The molecule has 0 aliphatic carbocycles. The third-order valence-corrected chi connectivity index (χ3v) is 4.64. The number of nitrogens with zero attached hydrogens (tertiary/aromatic N) is 1. The fourth-order valence-corrected chi connectivity index (χ4v) is 3.39. The van der Waals surface area contributed by atoms with Crippen LogP contribution >= 0.6 is 0 Å². The second-order valence-corrected chi connectivity index (χ2v) is 6.14. The molecule has 0 saturated heterocycles. The number of benzene rings is 1. The van der Waals surface area contributed by atoms with Gasteiger partial charge in [-0.25, -0.2) is 13.1 Å². The third kappa shape index (κ3) is 2.74. The maximum Gasteiger partial charge on any atom is 0.243 e. The average molecular weight is 295 g/mol. The summed E-state index contributed by atoms with van der Waals surface area (Å²) < 4.78 is 27.2. The fraction of sp³-hybridized carbons (Fsp3) is 0.308. The Kier molecular flexibility index (Phi) is 4.22. The predicted octanol–water partition coefficient (Wildman–Crippen LogP) is 0.866. The first-order valence-corrected chi connectivity index (χ1v) is 7.74. The number of aliphatic hydroxyl groups is 1. The zero-order valence-electron chi connectivity index (χ0n) is 11.1. The number of aliphatic hydroxyl groups excluding tert-OH is 1. The summed E-state index contributed by atoms with van der Waals surface area (Å²) in [6.07, 6.45) is 2.01. The maximum atomic E-state index is 12.4. The number of aromatic nitrogens is 1. The van der Waals surface area contributed by atoms with Gasteiger partial charge in [-0.2, -0.15) is 0 Å². The van der Waals surface area contributed by atoms with E-state index in [9.17, 15) is 8.42 Å². The highest BCUT2D eigenvalue weighted by atomic mass is 32.2. The Morgan fingerprint density at radius 1 is 1.40 bits per heavy atom. The molecule has 7 heteroatoms. The molecule has 1 atom stereocenters. The molecule has 1 aromatic heterocycles. The number of nitrogens with one attached hydrogen (secondary N) is 1. The van der Waals surface area contributed by atoms with Gasteiger partial charge < -0.3 is 10.8 Å². The molecule has 0 fully saturated rings. The quantitative estimate of drug-likeness (QED) is 0.710. The van der Waals surface area contributed by atoms with Crippen molar-refractivity contribution in [1.29, 1.82) is 0 Å². The van der Waals surface area contributed by atoms with Gasteiger partial charge in [-0.1, -0.05) is 6.92 Å². The van der Waals surface area contributed by atoms with Gasteiger partial charge in [0.2, 0.25) is 10.0 Å². The lowest BCUT2D eigenvalue weighted by atomic mass is 10.2. The highest BCUT2D eigenvalue weighted by Gasteiger charge is 2.22. The van der Waals surface area contributed by atoms with E-state index in [1.807, 2.05) is 0 Å². The van der Waals surface area contributed by atoms with Gasteiger partial charge in [0.05, 0.1) is 12.1 Å². The first-order chi connectivity index (χ1) is 9.49. The lowest BCUT2D eigenvalue weighted by molar-refractivity contribution is 0.254. The van der Waals surface area contributed by atoms with Crippen LogP contribution in [0.25, 0.3) is 10.9 Å². The van der Waals surface area contributed by atoms with Gasteiger partial charge in [0.1, 0.15) is 4.90 Å². The number of hydrogen-bond acceptors (Lipinski definition) is 5. The van der Waals surface area contributed by atoms with Crippen molar-refractivity contribution in [3.8, 4) is 0 Å². The highest BCUT2D eigenvalue weighted by Crippen LogP contribution is 2.25. The van der Waals surface area contributed by atoms with Gasteiger partial charge in [0, 0.05) is 23.3 Å². The SMILES string of the molecule is CC[C@H](CO)NS(=O)(=O)c1ccc(N)c2cccnc12. The Morgan fingerprint density at radius 2 is 2.15 bits per heavy atom. The first kappa shape index (κ1) is 14.7. The minimum atomic E-state index is -3.76. The second-order valence-electron chi connectivity index (χ2n) is 4.46. The van der Waals surface area contributed by atoms with Crippen molar-refractivity contribution in [3.63, 3.8) is 0 Å². The minimum Gasteiger partial charge on any atom is -0.398 e. The number of sulfonamides is 1. The molecule has 2 aromatic rings. The highest BCUT2D eigenvalue weighted by molar-refractivity contribution is 7.89. The summed E-state index contributed by atoms with van der Waals surface area (Å²) in [5.41, 5.74) is 6.63. The lowest BCUT2D eigenvalue weighted by Crippen LogP contribution is -2.37. The molecule has 20 heavy (non-hydrogen) atoms. The van der Waals surface area contributed by atoms with Gasteiger partial charge in [-0.15, -0.1) is 0 Å². The van der Waals surface area contributed by atoms with E-state index in [-0.39, 0.29) is 11.5 Å². The van der Waals surface area contributed by atoms with E-state index < -0.39 is 16.1 Å². The fourth-order valence-electron chi connectivity index (χ4n) is 1.92. The number of pyridine rings is 1. The molecule has 1 heterocycles. The molecule has 0 bridgehead atoms. The van der Waals surface area contributed by atoms with Gasteiger partial charge in [0.15, 0.2) is 0 Å². The normalized spacial score (nSPS) is 13.5. The molecular formula is C13H17N3O3S. The molecule has 108 valence electrons. The molecule has 0 aliphatic heterocycles. The summed E-state index contributed by atoms with van der Waals surface area (Å²) in [6.45, 7) is 1.54. The molecule has 2 rings (SSSR count). The van der Waals surface area contributed by atoms with Crippen LogP contribution in [0.2, 0.25) is 0 Å². The Labute approximate surface area is 117 Å². The lowest BCUT2D eigenvalue weighted by Gasteiger charge is -2.15. The van der Waals surface area contributed by atoms with E-state index in [0.717, 1.165) is 0 Å². The van der Waals surface area contributed by atoms with Crippen molar-refractivity contribution >= 4 is 26.6 Å². The monoisotopic (exact) mass is 295 g/mol. The van der Waals surface area contributed by atoms with Gasteiger partial charge in [-0.05, 0) is 30.7 Å². The number of anilines is 1. The summed E-state index contributed by atoms with van der Waals surface area (Å²) in [6, 6.07) is 5.87. The van der Waals surface area contributed by atoms with Crippen LogP contribution in [0.4, 0.5) is 5.69 Å². The van der Waals surface area contributed by atoms with Crippen LogP contribution in [0.3, 0.4) is 0 Å². The van der Waals surface area contributed by atoms with Crippen molar-refractivity contribution in [3.05, 3.63) is 30.5 Å². The van der Waals surface area contributed by atoms with E-state index in [0.29, 0.717) is 23.0 Å². The molecule has 0 spiro atoms. The summed E-state index contributed by atoms with van der Waals surface area (Å²) in [5, 5.41) is 9.72. The zero-order chi connectivity index (χ0) is 14.8. The van der Waals surface area contributed by atoms with E-state index in [1.165, 1.54) is 12.3 Å². The van der Waals surface area contributed by atoms with E-state index in [1.54, 1.807) is 25.1 Å². The number of fused-ring (bicyclic) bond motifs is 1. The molecule has 4 N–H and O–H groups in total. The smallest absolute Gasteiger partial charge is 0.243 e. The largest absolute Gasteiger partial charge is 0.398 e. The predicted molar refractivity (Wildman–Crippen MR) is 77.6 cm³/mol. The molecule has 6 nitrogen and oxygen atoms in total. The van der Waals surface area contributed by atoms with E-state index in [4.69, 9.17) is 10.8 Å². The third-order valence-electron chi connectivity index (χ3n) is 3.09. The van der Waals surface area contributed by atoms with Gasteiger partial charge in [0.25, 0.3) is 0 Å². The Morgan fingerprint density at radius 3 is 2.80 bits per heavy atom. The number of nitrogen functional groups attached to an aromatic ring is 1. The Hall–Kier alpha value is -1.70. The molecular weight excluding hydrogens is 278 g/mol. The average Bonchev–Trinajstić information content (AvgIpc) is 2.45. The van der Waals surface area contributed by atoms with Gasteiger partial charge >= 0.3 is 0 Å². The summed E-state index contributed by atoms with van der Waals surface area (Å²) in [4.78, 5) is 4.17. The second kappa shape index (κ2) is 5.74. The van der Waals surface area contributed by atoms with Crippen LogP contribution in [0.5, 0.6) is 0 Å². The maximum absolute atomic E-state index is 12.4. The molecule has 1 aromatic carbocycles. The first-order valence-electron chi connectivity index (χ1n) is 6.26. The van der Waals surface area contributed by atoms with Crippen LogP contribution < -0.4 is 10.5 Å². The Balaban J connectivity index is 2.55. The van der Waals surface area contributed by atoms with Crippen molar-refractivity contribution in [2.24, 2.45) is 0 Å². The molecule has 0 aliphatic rings. The number of nitrogens with two attached hydrogens (primary N) is 1. The molecule has 0 saturated carbocycles. The van der Waals surface area contributed by atoms with Crippen LogP contribution in [0, 0.1) is 0 Å². The number of hydrogen-bond donors (Lipinski definition) is 3. The van der Waals surface area contributed by atoms with Crippen molar-refractivity contribution in [1.82, 2.24) is 9.71 Å². The summed E-state index contributed by atoms with van der Waals surface area (Å²) >= 11 is 0. The van der Waals surface area contributed by atoms with Crippen molar-refractivity contribution < 1.29 is 13.5 Å². The minimum absolute atomic E-state index is 0.0641. The van der Waals surface area contributed by atoms with Crippen molar-refractivity contribution in [2.45, 2.75) is 24.3 Å². The number of rotatable bonds is 5. The van der Waals surface area contributed by atoms with Crippen molar-refractivity contribution in [2.75, 3.05) is 12.3 Å². The molecule has 0 radical (unpaired) electrons. The Bertz CT molecular complexity index is 712. The summed E-state index contributed by atoms with van der Waals surface area (Å²) in [5.74, 6) is 0.